The Labute approximate surface area is 178 Å². The summed E-state index contributed by atoms with van der Waals surface area (Å²) in [5.41, 5.74) is 3.59. The zero-order chi connectivity index (χ0) is 21.2. The van der Waals surface area contributed by atoms with Gasteiger partial charge in [0.15, 0.2) is 5.58 Å². The van der Waals surface area contributed by atoms with E-state index in [2.05, 4.69) is 10.3 Å². The van der Waals surface area contributed by atoms with Crippen molar-refractivity contribution >= 4 is 28.6 Å². The van der Waals surface area contributed by atoms with Crippen molar-refractivity contribution in [1.82, 2.24) is 9.88 Å². The summed E-state index contributed by atoms with van der Waals surface area (Å²) >= 11 is 0. The second-order valence-corrected chi connectivity index (χ2v) is 7.66. The van der Waals surface area contributed by atoms with Gasteiger partial charge >= 0.3 is 0 Å². The van der Waals surface area contributed by atoms with Crippen LogP contribution in [0.15, 0.2) is 76.0 Å². The molecule has 31 heavy (non-hydrogen) atoms. The number of piperidine rings is 1. The van der Waals surface area contributed by atoms with Crippen molar-refractivity contribution in [3.8, 4) is 11.5 Å². The monoisotopic (exact) mass is 415 g/mol. The van der Waals surface area contributed by atoms with Crippen molar-refractivity contribution in [2.24, 2.45) is 5.92 Å². The first-order chi connectivity index (χ1) is 15.2. The SMILES string of the molecule is O=C(Nc1ccc(-c2nc3ccccc3o2)cc1)C1CCCN(C(=O)c2ccoc2)C1. The normalized spacial score (nSPS) is 16.4. The third kappa shape index (κ3) is 3.94. The Kier molecular flexibility index (Phi) is 5.00. The van der Waals surface area contributed by atoms with E-state index in [1.807, 2.05) is 48.5 Å². The highest BCUT2D eigenvalue weighted by molar-refractivity contribution is 5.96. The lowest BCUT2D eigenvalue weighted by Crippen LogP contribution is -2.43. The van der Waals surface area contributed by atoms with Crippen LogP contribution in [0.25, 0.3) is 22.6 Å². The number of likely N-dealkylation sites (tertiary alicyclic amines) is 1. The molecule has 156 valence electrons. The van der Waals surface area contributed by atoms with E-state index in [1.54, 1.807) is 11.0 Å². The molecule has 1 N–H and O–H groups in total. The maximum absolute atomic E-state index is 12.8. The van der Waals surface area contributed by atoms with E-state index in [0.717, 1.165) is 29.5 Å². The number of oxazole rings is 1. The summed E-state index contributed by atoms with van der Waals surface area (Å²) in [7, 11) is 0. The van der Waals surface area contributed by atoms with Gasteiger partial charge in [-0.15, -0.1) is 0 Å². The maximum Gasteiger partial charge on any atom is 0.257 e. The molecule has 4 aromatic rings. The largest absolute Gasteiger partial charge is 0.472 e. The smallest absolute Gasteiger partial charge is 0.257 e. The van der Waals surface area contributed by atoms with Crippen molar-refractivity contribution in [3.63, 3.8) is 0 Å². The van der Waals surface area contributed by atoms with Crippen LogP contribution in [-0.4, -0.2) is 34.8 Å². The molecule has 7 heteroatoms. The summed E-state index contributed by atoms with van der Waals surface area (Å²) in [6.07, 6.45) is 4.46. The molecule has 3 heterocycles. The van der Waals surface area contributed by atoms with Gasteiger partial charge in [0.25, 0.3) is 5.91 Å². The van der Waals surface area contributed by atoms with Gasteiger partial charge < -0.3 is 19.1 Å². The van der Waals surface area contributed by atoms with Gasteiger partial charge in [0, 0.05) is 24.3 Å². The number of carbonyl (C=O) groups excluding carboxylic acids is 2. The Morgan fingerprint density at radius 3 is 2.68 bits per heavy atom. The number of amides is 2. The van der Waals surface area contributed by atoms with Crippen LogP contribution in [0.5, 0.6) is 0 Å². The van der Waals surface area contributed by atoms with Crippen LogP contribution in [0.2, 0.25) is 0 Å². The zero-order valence-corrected chi connectivity index (χ0v) is 16.8. The molecule has 0 spiro atoms. The topological polar surface area (TPSA) is 88.6 Å². The highest BCUT2D eigenvalue weighted by atomic mass is 16.3. The van der Waals surface area contributed by atoms with Crippen molar-refractivity contribution in [1.29, 1.82) is 0 Å². The Balaban J connectivity index is 1.24. The van der Waals surface area contributed by atoms with Crippen LogP contribution >= 0.6 is 0 Å². The molecule has 2 amide bonds. The van der Waals surface area contributed by atoms with Gasteiger partial charge in [0.05, 0.1) is 17.7 Å². The fourth-order valence-electron chi connectivity index (χ4n) is 3.88. The molecule has 0 bridgehead atoms. The number of rotatable bonds is 4. The average Bonchev–Trinajstić information content (AvgIpc) is 3.49. The first-order valence-corrected chi connectivity index (χ1v) is 10.3. The molecule has 5 rings (SSSR count). The summed E-state index contributed by atoms with van der Waals surface area (Å²) in [6.45, 7) is 1.05. The van der Waals surface area contributed by atoms with Crippen LogP contribution in [0.4, 0.5) is 5.69 Å². The minimum atomic E-state index is -0.249. The van der Waals surface area contributed by atoms with Crippen LogP contribution < -0.4 is 5.32 Å². The van der Waals surface area contributed by atoms with E-state index in [4.69, 9.17) is 8.83 Å². The Morgan fingerprint density at radius 2 is 1.90 bits per heavy atom. The van der Waals surface area contributed by atoms with Gasteiger partial charge in [-0.25, -0.2) is 4.98 Å². The predicted molar refractivity (Wildman–Crippen MR) is 115 cm³/mol. The Morgan fingerprint density at radius 1 is 1.06 bits per heavy atom. The summed E-state index contributed by atoms with van der Waals surface area (Å²) in [5, 5.41) is 2.96. The molecular formula is C24H21N3O4. The molecule has 0 saturated carbocycles. The molecule has 2 aromatic heterocycles. The maximum atomic E-state index is 12.8. The number of benzene rings is 2. The number of anilines is 1. The number of hydrogen-bond donors (Lipinski definition) is 1. The second kappa shape index (κ2) is 8.10. The van der Waals surface area contributed by atoms with Crippen LogP contribution in [0.3, 0.4) is 0 Å². The summed E-state index contributed by atoms with van der Waals surface area (Å²) in [6, 6.07) is 16.7. The fraction of sp³-hybridized carbons (Fsp3) is 0.208. The van der Waals surface area contributed by atoms with Gasteiger partial charge in [-0.2, -0.15) is 0 Å². The Hall–Kier alpha value is -3.87. The molecule has 1 unspecified atom stereocenters. The minimum Gasteiger partial charge on any atom is -0.472 e. The first kappa shape index (κ1) is 19.1. The second-order valence-electron chi connectivity index (χ2n) is 7.66. The molecule has 0 radical (unpaired) electrons. The molecule has 1 fully saturated rings. The highest BCUT2D eigenvalue weighted by Crippen LogP contribution is 2.26. The molecule has 0 aliphatic carbocycles. The molecular weight excluding hydrogens is 394 g/mol. The lowest BCUT2D eigenvalue weighted by molar-refractivity contribution is -0.121. The quantitative estimate of drug-likeness (QED) is 0.527. The minimum absolute atomic E-state index is 0.0840. The molecule has 1 atom stereocenters. The predicted octanol–water partition coefficient (Wildman–Crippen LogP) is 4.58. The van der Waals surface area contributed by atoms with Gasteiger partial charge in [-0.1, -0.05) is 12.1 Å². The number of carbonyl (C=O) groups is 2. The third-order valence-corrected chi connectivity index (χ3v) is 5.54. The van der Waals surface area contributed by atoms with E-state index >= 15 is 0 Å². The van der Waals surface area contributed by atoms with E-state index in [0.29, 0.717) is 30.2 Å². The number of furan rings is 1. The summed E-state index contributed by atoms with van der Waals surface area (Å²) in [5.74, 6) is 0.106. The van der Waals surface area contributed by atoms with Gasteiger partial charge in [0.1, 0.15) is 11.8 Å². The van der Waals surface area contributed by atoms with E-state index in [9.17, 15) is 9.59 Å². The molecule has 1 aliphatic rings. The fourth-order valence-corrected chi connectivity index (χ4v) is 3.88. The average molecular weight is 415 g/mol. The number of nitrogens with one attached hydrogen (secondary N) is 1. The van der Waals surface area contributed by atoms with Gasteiger partial charge in [0.2, 0.25) is 11.8 Å². The lowest BCUT2D eigenvalue weighted by Gasteiger charge is -2.31. The van der Waals surface area contributed by atoms with Crippen molar-refractivity contribution in [2.75, 3.05) is 18.4 Å². The zero-order valence-electron chi connectivity index (χ0n) is 16.8. The molecule has 7 nitrogen and oxygen atoms in total. The number of para-hydroxylation sites is 2. The van der Waals surface area contributed by atoms with E-state index < -0.39 is 0 Å². The van der Waals surface area contributed by atoms with Crippen molar-refractivity contribution in [3.05, 3.63) is 72.7 Å². The highest BCUT2D eigenvalue weighted by Gasteiger charge is 2.29. The summed E-state index contributed by atoms with van der Waals surface area (Å²) < 4.78 is 10.8. The van der Waals surface area contributed by atoms with E-state index in [-0.39, 0.29) is 17.7 Å². The summed E-state index contributed by atoms with van der Waals surface area (Å²) in [4.78, 5) is 31.6. The number of hydrogen-bond acceptors (Lipinski definition) is 5. The third-order valence-electron chi connectivity index (χ3n) is 5.54. The molecule has 2 aromatic carbocycles. The molecule has 1 saturated heterocycles. The molecule has 1 aliphatic heterocycles. The lowest BCUT2D eigenvalue weighted by atomic mass is 9.96. The Bertz CT molecular complexity index is 1180. The van der Waals surface area contributed by atoms with Gasteiger partial charge in [-0.05, 0) is 55.3 Å². The van der Waals surface area contributed by atoms with Gasteiger partial charge in [-0.3, -0.25) is 9.59 Å². The number of aromatic nitrogens is 1. The van der Waals surface area contributed by atoms with Crippen LogP contribution in [0.1, 0.15) is 23.2 Å². The van der Waals surface area contributed by atoms with Crippen LogP contribution in [-0.2, 0) is 4.79 Å². The van der Waals surface area contributed by atoms with Crippen molar-refractivity contribution < 1.29 is 18.4 Å². The first-order valence-electron chi connectivity index (χ1n) is 10.3. The van der Waals surface area contributed by atoms with E-state index in [1.165, 1.54) is 12.5 Å². The van der Waals surface area contributed by atoms with Crippen LogP contribution in [0, 0.1) is 5.92 Å². The number of nitrogens with zero attached hydrogens (tertiary/aromatic N) is 2. The standard InChI is InChI=1S/C24H21N3O4/c28-22(17-4-3-12-27(14-17)24(29)18-11-13-30-15-18)25-19-9-7-16(8-10-19)23-26-20-5-1-2-6-21(20)31-23/h1-2,5-11,13,15,17H,3-4,12,14H2,(H,25,28). The number of fused-ring (bicyclic) bond motifs is 1. The van der Waals surface area contributed by atoms with Crippen molar-refractivity contribution in [2.45, 2.75) is 12.8 Å².